The van der Waals surface area contributed by atoms with Crippen molar-refractivity contribution in [3.8, 4) is 0 Å². The average molecular weight is 471 g/mol. The van der Waals surface area contributed by atoms with Gasteiger partial charge >= 0.3 is 0 Å². The molecule has 3 aromatic carbocycles. The first-order valence-corrected chi connectivity index (χ1v) is 9.86. The molecule has 7 heteroatoms. The van der Waals surface area contributed by atoms with E-state index in [0.29, 0.717) is 21.7 Å². The van der Waals surface area contributed by atoms with Crippen molar-refractivity contribution in [2.75, 3.05) is 0 Å². The molecule has 0 saturated carbocycles. The van der Waals surface area contributed by atoms with Crippen LogP contribution in [0.4, 0.5) is 0 Å². The van der Waals surface area contributed by atoms with Crippen molar-refractivity contribution in [1.29, 1.82) is 0 Å². The third-order valence-corrected chi connectivity index (χ3v) is 4.86. The highest BCUT2D eigenvalue weighted by Gasteiger charge is 2.24. The molecule has 146 valence electrons. The zero-order valence-electron chi connectivity index (χ0n) is 15.2. The van der Waals surface area contributed by atoms with E-state index in [0.717, 1.165) is 4.47 Å². The molecule has 1 unspecified atom stereocenters. The molecule has 0 fully saturated rings. The highest BCUT2D eigenvalue weighted by molar-refractivity contribution is 9.10. The quantitative estimate of drug-likeness (QED) is 0.425. The highest BCUT2D eigenvalue weighted by atomic mass is 79.9. The highest BCUT2D eigenvalue weighted by Crippen LogP contribution is 2.20. The minimum Gasteiger partial charge on any atom is -0.383 e. The smallest absolute Gasteiger partial charge is 0.274 e. The topological polar surface area (TPSA) is 84.5 Å². The van der Waals surface area contributed by atoms with Gasteiger partial charge in [0.2, 0.25) is 0 Å². The number of nitrogens with two attached hydrogens (primary N) is 1. The fourth-order valence-electron chi connectivity index (χ4n) is 2.64. The molecular weight excluding hydrogens is 454 g/mol. The summed E-state index contributed by atoms with van der Waals surface area (Å²) in [6.07, 6.45) is 0. The Labute approximate surface area is 181 Å². The van der Waals surface area contributed by atoms with Crippen molar-refractivity contribution in [3.05, 3.63) is 105 Å². The third-order valence-electron chi connectivity index (χ3n) is 4.11. The molecule has 3 rings (SSSR count). The lowest BCUT2D eigenvalue weighted by Gasteiger charge is -2.17. The van der Waals surface area contributed by atoms with E-state index in [9.17, 15) is 9.59 Å². The molecule has 0 heterocycles. The molecule has 0 saturated heterocycles. The number of carbonyl (C=O) groups is 2. The van der Waals surface area contributed by atoms with Gasteiger partial charge in [0.15, 0.2) is 0 Å². The van der Waals surface area contributed by atoms with Crippen LogP contribution in [0.3, 0.4) is 0 Å². The molecule has 0 aliphatic carbocycles. The van der Waals surface area contributed by atoms with Gasteiger partial charge in [-0.2, -0.15) is 4.99 Å². The van der Waals surface area contributed by atoms with E-state index < -0.39 is 17.9 Å². The van der Waals surface area contributed by atoms with Gasteiger partial charge < -0.3 is 11.1 Å². The van der Waals surface area contributed by atoms with Crippen LogP contribution in [0.15, 0.2) is 88.3 Å². The summed E-state index contributed by atoms with van der Waals surface area (Å²) >= 11 is 9.29. The molecular formula is C22H17BrClN3O2. The number of amidine groups is 1. The second-order valence-electron chi connectivity index (χ2n) is 6.17. The number of halogens is 2. The SMILES string of the molecule is NC(=NC(=O)C(NC(=O)c1cccc(Br)c1)c1ccc(Cl)cc1)c1ccccc1. The Balaban J connectivity index is 1.91. The monoisotopic (exact) mass is 469 g/mol. The lowest BCUT2D eigenvalue weighted by molar-refractivity contribution is -0.119. The summed E-state index contributed by atoms with van der Waals surface area (Å²) in [5, 5.41) is 3.26. The number of carbonyl (C=O) groups excluding carboxylic acids is 2. The van der Waals surface area contributed by atoms with E-state index in [4.69, 9.17) is 17.3 Å². The van der Waals surface area contributed by atoms with Crippen LogP contribution in [0.25, 0.3) is 0 Å². The molecule has 29 heavy (non-hydrogen) atoms. The predicted octanol–water partition coefficient (Wildman–Crippen LogP) is 4.51. The molecule has 0 radical (unpaired) electrons. The molecule has 3 N–H and O–H groups in total. The van der Waals surface area contributed by atoms with Crippen molar-refractivity contribution in [1.82, 2.24) is 5.32 Å². The minimum atomic E-state index is -1.01. The first-order chi connectivity index (χ1) is 13.9. The summed E-state index contributed by atoms with van der Waals surface area (Å²) in [5.41, 5.74) is 7.56. The Morgan fingerprint density at radius 3 is 2.24 bits per heavy atom. The second-order valence-corrected chi connectivity index (χ2v) is 7.52. The average Bonchev–Trinajstić information content (AvgIpc) is 2.73. The minimum absolute atomic E-state index is 0.0752. The number of hydrogen-bond acceptors (Lipinski definition) is 2. The van der Waals surface area contributed by atoms with Crippen molar-refractivity contribution < 1.29 is 9.59 Å². The van der Waals surface area contributed by atoms with Gasteiger partial charge in [-0.15, -0.1) is 0 Å². The van der Waals surface area contributed by atoms with Gasteiger partial charge in [0.05, 0.1) is 0 Å². The fraction of sp³-hybridized carbons (Fsp3) is 0.0455. The van der Waals surface area contributed by atoms with E-state index in [1.165, 1.54) is 0 Å². The summed E-state index contributed by atoms with van der Waals surface area (Å²) in [5.74, 6) is -0.920. The molecule has 5 nitrogen and oxygen atoms in total. The molecule has 3 aromatic rings. The van der Waals surface area contributed by atoms with E-state index in [-0.39, 0.29) is 5.84 Å². The van der Waals surface area contributed by atoms with Crippen LogP contribution in [0.1, 0.15) is 27.5 Å². The van der Waals surface area contributed by atoms with Crippen molar-refractivity contribution in [2.24, 2.45) is 10.7 Å². The Bertz CT molecular complexity index is 1050. The molecule has 0 bridgehead atoms. The standard InChI is InChI=1S/C22H17BrClN3O2/c23-17-8-4-7-16(13-17)21(28)26-19(14-9-11-18(24)12-10-14)22(29)27-20(25)15-5-2-1-3-6-15/h1-13,19H,(H,26,28)(H2,25,27,29). The summed E-state index contributed by atoms with van der Waals surface area (Å²) in [6.45, 7) is 0. The van der Waals surface area contributed by atoms with Gasteiger partial charge in [0.1, 0.15) is 11.9 Å². The maximum atomic E-state index is 12.9. The molecule has 2 amide bonds. The summed E-state index contributed by atoms with van der Waals surface area (Å²) < 4.78 is 0.755. The number of nitrogens with zero attached hydrogens (tertiary/aromatic N) is 1. The zero-order chi connectivity index (χ0) is 20.8. The second kappa shape index (κ2) is 9.49. The van der Waals surface area contributed by atoms with E-state index in [1.54, 1.807) is 66.7 Å². The number of rotatable bonds is 5. The number of aliphatic imine (C=N–C) groups is 1. The van der Waals surface area contributed by atoms with Gasteiger partial charge in [0, 0.05) is 20.6 Å². The number of benzene rings is 3. The first kappa shape index (κ1) is 20.8. The van der Waals surface area contributed by atoms with Gasteiger partial charge in [-0.05, 0) is 35.9 Å². The van der Waals surface area contributed by atoms with Gasteiger partial charge in [-0.3, -0.25) is 9.59 Å². The van der Waals surface area contributed by atoms with Crippen molar-refractivity contribution >= 4 is 45.2 Å². The first-order valence-electron chi connectivity index (χ1n) is 8.69. The Hall–Kier alpha value is -2.96. The van der Waals surface area contributed by atoms with Crippen LogP contribution in [0.2, 0.25) is 5.02 Å². The van der Waals surface area contributed by atoms with Crippen molar-refractivity contribution in [2.45, 2.75) is 6.04 Å². The van der Waals surface area contributed by atoms with E-state index in [2.05, 4.69) is 26.2 Å². The van der Waals surface area contributed by atoms with E-state index in [1.807, 2.05) is 12.1 Å². The normalized spacial score (nSPS) is 12.3. The van der Waals surface area contributed by atoms with Crippen LogP contribution in [-0.2, 0) is 4.79 Å². The Kier molecular flexibility index (Phi) is 6.80. The summed E-state index contributed by atoms with van der Waals surface area (Å²) in [7, 11) is 0. The fourth-order valence-corrected chi connectivity index (χ4v) is 3.17. The Morgan fingerprint density at radius 2 is 1.59 bits per heavy atom. The van der Waals surface area contributed by atoms with Gasteiger partial charge in [0.25, 0.3) is 11.8 Å². The lowest BCUT2D eigenvalue weighted by Crippen LogP contribution is -2.34. The molecule has 0 aliphatic heterocycles. The van der Waals surface area contributed by atoms with Crippen molar-refractivity contribution in [3.63, 3.8) is 0 Å². The zero-order valence-corrected chi connectivity index (χ0v) is 17.5. The largest absolute Gasteiger partial charge is 0.383 e. The number of nitrogens with one attached hydrogen (secondary N) is 1. The molecule has 1 atom stereocenters. The van der Waals surface area contributed by atoms with Crippen LogP contribution >= 0.6 is 27.5 Å². The lowest BCUT2D eigenvalue weighted by atomic mass is 10.1. The van der Waals surface area contributed by atoms with Crippen LogP contribution in [0.5, 0.6) is 0 Å². The maximum absolute atomic E-state index is 12.9. The van der Waals surface area contributed by atoms with E-state index >= 15 is 0 Å². The number of hydrogen-bond donors (Lipinski definition) is 2. The maximum Gasteiger partial charge on any atom is 0.274 e. The van der Waals surface area contributed by atoms with Crippen LogP contribution < -0.4 is 11.1 Å². The summed E-state index contributed by atoms with van der Waals surface area (Å²) in [4.78, 5) is 29.6. The number of amides is 2. The van der Waals surface area contributed by atoms with Crippen LogP contribution in [-0.4, -0.2) is 17.6 Å². The van der Waals surface area contributed by atoms with Gasteiger partial charge in [-0.25, -0.2) is 0 Å². The van der Waals surface area contributed by atoms with Crippen LogP contribution in [0, 0.1) is 0 Å². The summed E-state index contributed by atoms with van der Waals surface area (Å²) in [6, 6.07) is 21.4. The predicted molar refractivity (Wildman–Crippen MR) is 118 cm³/mol. The molecule has 0 aliphatic rings. The Morgan fingerprint density at radius 1 is 0.931 bits per heavy atom. The molecule has 0 spiro atoms. The van der Waals surface area contributed by atoms with Gasteiger partial charge in [-0.1, -0.05) is 76.1 Å². The molecule has 0 aromatic heterocycles. The third kappa shape index (κ3) is 5.53.